The minimum Gasteiger partial charge on any atom is -1.00 e. The third-order valence-electron chi connectivity index (χ3n) is 3.37. The Labute approximate surface area is 148 Å². The van der Waals surface area contributed by atoms with Crippen LogP contribution in [-0.2, 0) is 0 Å². The standard InChI is InChI=1S/C17H14N2O2S.BrH/c1-2-4-12(5-3-1)14-11-22-17(19-14)18-13-6-7-15-16(10-13)21-9-8-20-15;/h1-7,10-11H,8-9H2,(H,18,19);1H/p-1. The summed E-state index contributed by atoms with van der Waals surface area (Å²) in [5.74, 6) is 1.57. The summed E-state index contributed by atoms with van der Waals surface area (Å²) in [7, 11) is 0. The Morgan fingerprint density at radius 1 is 0.957 bits per heavy atom. The van der Waals surface area contributed by atoms with Gasteiger partial charge in [-0.25, -0.2) is 4.98 Å². The molecule has 4 nitrogen and oxygen atoms in total. The topological polar surface area (TPSA) is 43.4 Å². The number of halogens is 1. The fourth-order valence-corrected chi connectivity index (χ4v) is 3.06. The molecular weight excluding hydrogens is 376 g/mol. The molecule has 0 aliphatic carbocycles. The number of thiazole rings is 1. The van der Waals surface area contributed by atoms with Crippen LogP contribution in [0.25, 0.3) is 11.3 Å². The van der Waals surface area contributed by atoms with Gasteiger partial charge in [0.25, 0.3) is 0 Å². The first kappa shape index (κ1) is 15.8. The molecule has 6 heteroatoms. The number of aromatic nitrogens is 1. The zero-order valence-electron chi connectivity index (χ0n) is 12.2. The first-order valence-electron chi connectivity index (χ1n) is 7.06. The van der Waals surface area contributed by atoms with E-state index in [0.29, 0.717) is 13.2 Å². The summed E-state index contributed by atoms with van der Waals surface area (Å²) in [6, 6.07) is 16.0. The van der Waals surface area contributed by atoms with Crippen LogP contribution in [0.2, 0.25) is 0 Å². The van der Waals surface area contributed by atoms with Crippen molar-refractivity contribution in [2.45, 2.75) is 0 Å². The van der Waals surface area contributed by atoms with Crippen molar-refractivity contribution in [1.82, 2.24) is 4.98 Å². The van der Waals surface area contributed by atoms with E-state index in [-0.39, 0.29) is 17.0 Å². The highest BCUT2D eigenvalue weighted by Gasteiger charge is 2.12. The highest BCUT2D eigenvalue weighted by molar-refractivity contribution is 7.14. The van der Waals surface area contributed by atoms with Crippen LogP contribution in [0.1, 0.15) is 0 Å². The molecule has 1 aliphatic heterocycles. The highest BCUT2D eigenvalue weighted by Crippen LogP contribution is 2.34. The summed E-state index contributed by atoms with van der Waals surface area (Å²) in [4.78, 5) is 4.62. The first-order valence-corrected chi connectivity index (χ1v) is 7.94. The second-order valence-electron chi connectivity index (χ2n) is 4.89. The van der Waals surface area contributed by atoms with Gasteiger partial charge in [0.1, 0.15) is 13.2 Å². The van der Waals surface area contributed by atoms with Gasteiger partial charge in [-0.1, -0.05) is 30.3 Å². The van der Waals surface area contributed by atoms with E-state index in [1.54, 1.807) is 11.3 Å². The van der Waals surface area contributed by atoms with Gasteiger partial charge in [0.2, 0.25) is 0 Å². The van der Waals surface area contributed by atoms with Crippen LogP contribution >= 0.6 is 11.3 Å². The third-order valence-corrected chi connectivity index (χ3v) is 4.12. The number of nitrogens with zero attached hydrogens (tertiary/aromatic N) is 1. The van der Waals surface area contributed by atoms with Gasteiger partial charge < -0.3 is 31.8 Å². The number of fused-ring (bicyclic) bond motifs is 1. The molecule has 2 aromatic carbocycles. The van der Waals surface area contributed by atoms with Crippen molar-refractivity contribution in [3.8, 4) is 22.8 Å². The summed E-state index contributed by atoms with van der Waals surface area (Å²) in [5, 5.41) is 6.22. The summed E-state index contributed by atoms with van der Waals surface area (Å²) in [5.41, 5.74) is 3.04. The van der Waals surface area contributed by atoms with Crippen LogP contribution in [-0.4, -0.2) is 18.2 Å². The van der Waals surface area contributed by atoms with Crippen molar-refractivity contribution < 1.29 is 26.5 Å². The lowest BCUT2D eigenvalue weighted by atomic mass is 10.2. The molecule has 0 radical (unpaired) electrons. The van der Waals surface area contributed by atoms with Gasteiger partial charge in [0, 0.05) is 22.7 Å². The number of ether oxygens (including phenoxy) is 2. The minimum absolute atomic E-state index is 0. The Hall–Kier alpha value is -2.05. The molecule has 23 heavy (non-hydrogen) atoms. The predicted octanol–water partition coefficient (Wildman–Crippen LogP) is 1.33. The summed E-state index contributed by atoms with van der Waals surface area (Å²) in [6.07, 6.45) is 0. The van der Waals surface area contributed by atoms with Crippen molar-refractivity contribution in [2.24, 2.45) is 0 Å². The van der Waals surface area contributed by atoms with Crippen molar-refractivity contribution in [3.05, 3.63) is 53.9 Å². The molecule has 3 aromatic rings. The Morgan fingerprint density at radius 3 is 2.57 bits per heavy atom. The number of hydrogen-bond acceptors (Lipinski definition) is 5. The smallest absolute Gasteiger partial charge is 0.187 e. The molecule has 0 bridgehead atoms. The van der Waals surface area contributed by atoms with Gasteiger partial charge >= 0.3 is 0 Å². The summed E-state index contributed by atoms with van der Waals surface area (Å²) >= 11 is 1.58. The Balaban J connectivity index is 0.00000156. The van der Waals surface area contributed by atoms with Crippen molar-refractivity contribution in [3.63, 3.8) is 0 Å². The van der Waals surface area contributed by atoms with E-state index in [0.717, 1.165) is 33.6 Å². The molecule has 0 saturated carbocycles. The second kappa shape index (κ2) is 7.02. The molecule has 0 atom stereocenters. The Kier molecular flexibility index (Phi) is 4.83. The van der Waals surface area contributed by atoms with Gasteiger partial charge in [0.15, 0.2) is 16.6 Å². The van der Waals surface area contributed by atoms with Crippen molar-refractivity contribution >= 4 is 22.2 Å². The van der Waals surface area contributed by atoms with E-state index in [1.165, 1.54) is 0 Å². The average molecular weight is 390 g/mol. The lowest BCUT2D eigenvalue weighted by Gasteiger charge is -2.18. The number of anilines is 2. The van der Waals surface area contributed by atoms with Crippen LogP contribution in [0.4, 0.5) is 10.8 Å². The van der Waals surface area contributed by atoms with E-state index < -0.39 is 0 Å². The van der Waals surface area contributed by atoms with E-state index in [2.05, 4.69) is 27.8 Å². The molecule has 1 N–H and O–H groups in total. The second-order valence-corrected chi connectivity index (χ2v) is 5.75. The highest BCUT2D eigenvalue weighted by atomic mass is 79.9. The van der Waals surface area contributed by atoms with Gasteiger partial charge in [-0.3, -0.25) is 0 Å². The fraction of sp³-hybridized carbons (Fsp3) is 0.118. The monoisotopic (exact) mass is 389 g/mol. The number of rotatable bonds is 3. The van der Waals surface area contributed by atoms with Crippen LogP contribution in [0.3, 0.4) is 0 Å². The molecular formula is C17H14BrN2O2S-. The third kappa shape index (κ3) is 3.48. The normalized spacial score (nSPS) is 12.3. The van der Waals surface area contributed by atoms with Gasteiger partial charge in [-0.15, -0.1) is 11.3 Å². The van der Waals surface area contributed by atoms with E-state index >= 15 is 0 Å². The fourth-order valence-electron chi connectivity index (χ4n) is 2.32. The van der Waals surface area contributed by atoms with Crippen molar-refractivity contribution in [1.29, 1.82) is 0 Å². The van der Waals surface area contributed by atoms with E-state index in [1.807, 2.05) is 36.4 Å². The van der Waals surface area contributed by atoms with Gasteiger partial charge in [-0.2, -0.15) is 0 Å². The number of nitrogens with one attached hydrogen (secondary N) is 1. The van der Waals surface area contributed by atoms with Crippen molar-refractivity contribution in [2.75, 3.05) is 18.5 Å². The average Bonchev–Trinajstić information content (AvgIpc) is 3.04. The van der Waals surface area contributed by atoms with E-state index in [4.69, 9.17) is 9.47 Å². The number of hydrogen-bond donors (Lipinski definition) is 1. The lowest BCUT2D eigenvalue weighted by molar-refractivity contribution is -0.00000488. The zero-order chi connectivity index (χ0) is 14.8. The molecule has 0 amide bonds. The number of benzene rings is 2. The minimum atomic E-state index is 0. The maximum Gasteiger partial charge on any atom is 0.187 e. The maximum absolute atomic E-state index is 5.59. The SMILES string of the molecule is [Br-].c1ccc(-c2csc(Nc3ccc4c(c3)OCCO4)n2)cc1. The zero-order valence-corrected chi connectivity index (χ0v) is 14.6. The molecule has 0 spiro atoms. The van der Waals surface area contributed by atoms with Crippen LogP contribution < -0.4 is 31.8 Å². The van der Waals surface area contributed by atoms with Crippen LogP contribution in [0, 0.1) is 0 Å². The first-order chi connectivity index (χ1) is 10.9. The molecule has 1 aliphatic rings. The van der Waals surface area contributed by atoms with E-state index in [9.17, 15) is 0 Å². The van der Waals surface area contributed by atoms with Crippen LogP contribution in [0.5, 0.6) is 11.5 Å². The Morgan fingerprint density at radius 2 is 1.74 bits per heavy atom. The Bertz CT molecular complexity index is 792. The quantitative estimate of drug-likeness (QED) is 0.733. The van der Waals surface area contributed by atoms with Gasteiger partial charge in [0.05, 0.1) is 5.69 Å². The summed E-state index contributed by atoms with van der Waals surface area (Å²) in [6.45, 7) is 1.19. The van der Waals surface area contributed by atoms with Crippen LogP contribution in [0.15, 0.2) is 53.9 Å². The summed E-state index contributed by atoms with van der Waals surface area (Å²) < 4.78 is 11.1. The molecule has 0 unspecified atom stereocenters. The largest absolute Gasteiger partial charge is 1.00 e. The molecule has 118 valence electrons. The van der Waals surface area contributed by atoms with Gasteiger partial charge in [-0.05, 0) is 12.1 Å². The molecule has 4 rings (SSSR count). The maximum atomic E-state index is 5.59. The molecule has 2 heterocycles. The molecule has 0 fully saturated rings. The predicted molar refractivity (Wildman–Crippen MR) is 88.3 cm³/mol. The lowest BCUT2D eigenvalue weighted by Crippen LogP contribution is -3.00. The molecule has 0 saturated heterocycles. The molecule has 1 aromatic heterocycles.